The van der Waals surface area contributed by atoms with Crippen LogP contribution in [0.3, 0.4) is 0 Å². The summed E-state index contributed by atoms with van der Waals surface area (Å²) >= 11 is 18.4. The molecule has 190 valence electrons. The molecule has 0 saturated carbocycles. The summed E-state index contributed by atoms with van der Waals surface area (Å²) in [6, 6.07) is 18.3. The molecule has 1 aliphatic rings. The first-order valence-electron chi connectivity index (χ1n) is 11.5. The van der Waals surface area contributed by atoms with Crippen molar-refractivity contribution in [2.75, 3.05) is 31.1 Å². The topological polar surface area (TPSA) is 69.7 Å². The lowest BCUT2D eigenvalue weighted by Crippen LogP contribution is -2.55. The Balaban J connectivity index is 1.54. The van der Waals surface area contributed by atoms with E-state index in [1.165, 1.54) is 18.2 Å². The Hall–Kier alpha value is -2.29. The minimum absolute atomic E-state index is 0.0308. The molecule has 3 aromatic carbocycles. The highest BCUT2D eigenvalue weighted by molar-refractivity contribution is 7.89. The molecule has 1 fully saturated rings. The molecule has 0 bridgehead atoms. The standard InChI is InChI=1S/C26H26Cl3N3O3S/c1-18-7-8-20(27)16-24(18)31-11-13-32(14-12-31)26(33)23(15-19-5-3-2-4-6-19)30-36(34,35)25-17-21(28)9-10-22(25)29/h2-10,16-17,23,30H,11-15H2,1H3/t23-/m1/s1. The van der Waals surface area contributed by atoms with Crippen LogP contribution in [0.15, 0.2) is 71.6 Å². The molecule has 0 unspecified atom stereocenters. The average Bonchev–Trinajstić information content (AvgIpc) is 2.86. The number of carbonyl (C=O) groups excluding carboxylic acids is 1. The maximum Gasteiger partial charge on any atom is 0.242 e. The van der Waals surface area contributed by atoms with Crippen LogP contribution in [0.2, 0.25) is 15.1 Å². The smallest absolute Gasteiger partial charge is 0.242 e. The van der Waals surface area contributed by atoms with Gasteiger partial charge in [0.05, 0.1) is 5.02 Å². The number of halogens is 3. The number of amides is 1. The second-order valence-corrected chi connectivity index (χ2v) is 11.6. The molecule has 1 aliphatic heterocycles. The number of rotatable bonds is 7. The summed E-state index contributed by atoms with van der Waals surface area (Å²) < 4.78 is 29.1. The van der Waals surface area contributed by atoms with Crippen LogP contribution in [-0.4, -0.2) is 51.4 Å². The van der Waals surface area contributed by atoms with Gasteiger partial charge in [-0.05, 0) is 54.8 Å². The third-order valence-electron chi connectivity index (χ3n) is 6.16. The van der Waals surface area contributed by atoms with Crippen LogP contribution in [0.4, 0.5) is 5.69 Å². The van der Waals surface area contributed by atoms with Crippen LogP contribution in [0.25, 0.3) is 0 Å². The molecular formula is C26H26Cl3N3O3S. The number of benzene rings is 3. The number of aryl methyl sites for hydroxylation is 1. The SMILES string of the molecule is Cc1ccc(Cl)cc1N1CCN(C(=O)[C@@H](Cc2ccccc2)NS(=O)(=O)c2cc(Cl)ccc2Cl)CC1. The van der Waals surface area contributed by atoms with Gasteiger partial charge in [-0.25, -0.2) is 8.42 Å². The summed E-state index contributed by atoms with van der Waals surface area (Å²) in [5, 5.41) is 0.924. The van der Waals surface area contributed by atoms with Crippen molar-refractivity contribution in [2.24, 2.45) is 0 Å². The van der Waals surface area contributed by atoms with Gasteiger partial charge in [0, 0.05) is 41.9 Å². The summed E-state index contributed by atoms with van der Waals surface area (Å²) in [6.45, 7) is 4.15. The number of hydrogen-bond acceptors (Lipinski definition) is 4. The number of piperazine rings is 1. The first-order valence-corrected chi connectivity index (χ1v) is 14.1. The average molecular weight is 567 g/mol. The Labute approximate surface area is 226 Å². The minimum atomic E-state index is -4.12. The molecule has 1 amide bonds. The molecule has 1 saturated heterocycles. The molecule has 1 atom stereocenters. The van der Waals surface area contributed by atoms with Crippen molar-refractivity contribution >= 4 is 56.4 Å². The zero-order valence-corrected chi connectivity index (χ0v) is 22.7. The predicted molar refractivity (Wildman–Crippen MR) is 146 cm³/mol. The van der Waals surface area contributed by atoms with Gasteiger partial charge in [-0.1, -0.05) is 71.2 Å². The van der Waals surface area contributed by atoms with E-state index in [0.29, 0.717) is 31.2 Å². The monoisotopic (exact) mass is 565 g/mol. The van der Waals surface area contributed by atoms with Crippen molar-refractivity contribution in [3.63, 3.8) is 0 Å². The van der Waals surface area contributed by atoms with Crippen molar-refractivity contribution < 1.29 is 13.2 Å². The van der Waals surface area contributed by atoms with Crippen LogP contribution in [-0.2, 0) is 21.2 Å². The number of hydrogen-bond donors (Lipinski definition) is 1. The van der Waals surface area contributed by atoms with E-state index in [1.807, 2.05) is 55.5 Å². The Morgan fingerprint density at radius 3 is 2.25 bits per heavy atom. The van der Waals surface area contributed by atoms with Crippen molar-refractivity contribution in [1.29, 1.82) is 0 Å². The molecular weight excluding hydrogens is 541 g/mol. The quantitative estimate of drug-likeness (QED) is 0.427. The summed E-state index contributed by atoms with van der Waals surface area (Å²) in [6.07, 6.45) is 0.199. The van der Waals surface area contributed by atoms with Gasteiger partial charge in [-0.3, -0.25) is 4.79 Å². The zero-order valence-electron chi connectivity index (χ0n) is 19.6. The van der Waals surface area contributed by atoms with E-state index in [4.69, 9.17) is 34.8 Å². The van der Waals surface area contributed by atoms with Crippen LogP contribution < -0.4 is 9.62 Å². The Morgan fingerprint density at radius 1 is 0.917 bits per heavy atom. The van der Waals surface area contributed by atoms with Gasteiger partial charge >= 0.3 is 0 Å². The van der Waals surface area contributed by atoms with Gasteiger partial charge in [-0.2, -0.15) is 4.72 Å². The largest absolute Gasteiger partial charge is 0.368 e. The predicted octanol–water partition coefficient (Wildman–Crippen LogP) is 5.19. The van der Waals surface area contributed by atoms with Crippen molar-refractivity contribution in [1.82, 2.24) is 9.62 Å². The third kappa shape index (κ3) is 6.33. The summed E-state index contributed by atoms with van der Waals surface area (Å²) in [5.41, 5.74) is 2.97. The molecule has 0 spiro atoms. The van der Waals surface area contributed by atoms with Crippen LogP contribution >= 0.6 is 34.8 Å². The summed E-state index contributed by atoms with van der Waals surface area (Å²) in [5.74, 6) is -0.289. The van der Waals surface area contributed by atoms with Gasteiger partial charge in [0.1, 0.15) is 10.9 Å². The van der Waals surface area contributed by atoms with E-state index >= 15 is 0 Å². The normalized spacial score (nSPS) is 15.1. The highest BCUT2D eigenvalue weighted by Crippen LogP contribution is 2.27. The Bertz CT molecular complexity index is 1350. The highest BCUT2D eigenvalue weighted by atomic mass is 35.5. The molecule has 3 aromatic rings. The Morgan fingerprint density at radius 2 is 1.56 bits per heavy atom. The summed E-state index contributed by atoms with van der Waals surface area (Å²) in [4.78, 5) is 17.4. The molecule has 4 rings (SSSR count). The maximum atomic E-state index is 13.6. The lowest BCUT2D eigenvalue weighted by Gasteiger charge is -2.38. The molecule has 1 heterocycles. The second-order valence-electron chi connectivity index (χ2n) is 8.68. The number of carbonyl (C=O) groups is 1. The molecule has 36 heavy (non-hydrogen) atoms. The van der Waals surface area contributed by atoms with Crippen LogP contribution in [0.1, 0.15) is 11.1 Å². The van der Waals surface area contributed by atoms with Gasteiger partial charge in [0.25, 0.3) is 0 Å². The fraction of sp³-hybridized carbons (Fsp3) is 0.269. The molecule has 0 radical (unpaired) electrons. The van der Waals surface area contributed by atoms with Crippen LogP contribution in [0.5, 0.6) is 0 Å². The second kappa shape index (κ2) is 11.4. The van der Waals surface area contributed by atoms with E-state index in [9.17, 15) is 13.2 Å². The zero-order chi connectivity index (χ0) is 25.9. The van der Waals surface area contributed by atoms with E-state index in [2.05, 4.69) is 9.62 Å². The third-order valence-corrected chi connectivity index (χ3v) is 8.59. The lowest BCUT2D eigenvalue weighted by molar-refractivity contribution is -0.133. The molecule has 10 heteroatoms. The lowest BCUT2D eigenvalue weighted by atomic mass is 10.1. The van der Waals surface area contributed by atoms with E-state index in [-0.39, 0.29) is 27.3 Å². The maximum absolute atomic E-state index is 13.6. The molecule has 6 nitrogen and oxygen atoms in total. The first-order chi connectivity index (χ1) is 17.1. The van der Waals surface area contributed by atoms with Gasteiger partial charge in [0.2, 0.25) is 15.9 Å². The fourth-order valence-electron chi connectivity index (χ4n) is 4.27. The van der Waals surface area contributed by atoms with E-state index < -0.39 is 16.1 Å². The van der Waals surface area contributed by atoms with E-state index in [1.54, 1.807) is 4.90 Å². The van der Waals surface area contributed by atoms with Crippen molar-refractivity contribution in [2.45, 2.75) is 24.3 Å². The van der Waals surface area contributed by atoms with Gasteiger partial charge in [0.15, 0.2) is 0 Å². The molecule has 0 aromatic heterocycles. The van der Waals surface area contributed by atoms with E-state index in [0.717, 1.165) is 16.8 Å². The number of nitrogens with zero attached hydrogens (tertiary/aromatic N) is 2. The highest BCUT2D eigenvalue weighted by Gasteiger charge is 2.32. The van der Waals surface area contributed by atoms with Crippen molar-refractivity contribution in [3.8, 4) is 0 Å². The number of sulfonamides is 1. The van der Waals surface area contributed by atoms with Gasteiger partial charge in [-0.15, -0.1) is 0 Å². The fourth-order valence-corrected chi connectivity index (χ4v) is 6.39. The van der Waals surface area contributed by atoms with Crippen molar-refractivity contribution in [3.05, 3.63) is 92.9 Å². The molecule has 1 N–H and O–H groups in total. The molecule has 0 aliphatic carbocycles. The first kappa shape index (κ1) is 26.8. The summed E-state index contributed by atoms with van der Waals surface area (Å²) in [7, 11) is -4.12. The Kier molecular flexibility index (Phi) is 8.48. The number of nitrogens with one attached hydrogen (secondary N) is 1. The number of anilines is 1. The minimum Gasteiger partial charge on any atom is -0.368 e. The van der Waals surface area contributed by atoms with Gasteiger partial charge < -0.3 is 9.80 Å². The van der Waals surface area contributed by atoms with Crippen LogP contribution in [0, 0.1) is 6.92 Å².